The van der Waals surface area contributed by atoms with Crippen molar-refractivity contribution in [3.63, 3.8) is 0 Å². The molecule has 34 heavy (non-hydrogen) atoms. The Morgan fingerprint density at radius 2 is 1.85 bits per heavy atom. The minimum atomic E-state index is -0.464. The Morgan fingerprint density at radius 3 is 2.56 bits per heavy atom. The molecule has 1 atom stereocenters. The second-order valence-corrected chi connectivity index (χ2v) is 8.47. The first kappa shape index (κ1) is 23.5. The summed E-state index contributed by atoms with van der Waals surface area (Å²) in [5, 5.41) is 15.7. The van der Waals surface area contributed by atoms with Gasteiger partial charge in [-0.25, -0.2) is 0 Å². The molecule has 0 radical (unpaired) electrons. The summed E-state index contributed by atoms with van der Waals surface area (Å²) in [6.45, 7) is 0.650. The van der Waals surface area contributed by atoms with Crippen LogP contribution in [0.25, 0.3) is 16.5 Å². The quantitative estimate of drug-likeness (QED) is 0.175. The van der Waals surface area contributed by atoms with Crippen molar-refractivity contribution < 1.29 is 4.79 Å². The number of carbonyl (C=O) groups is 1. The molecular weight excluding hydrogens is 444 g/mol. The minimum absolute atomic E-state index is 0.0133. The number of aromatic nitrogens is 1. The normalized spacial score (nSPS) is 12.5. The molecule has 0 aliphatic carbocycles. The van der Waals surface area contributed by atoms with Crippen LogP contribution >= 0.6 is 11.6 Å². The van der Waals surface area contributed by atoms with E-state index in [-0.39, 0.29) is 5.78 Å². The summed E-state index contributed by atoms with van der Waals surface area (Å²) in [5.41, 5.74) is 5.25. The molecule has 1 aromatic heterocycles. The van der Waals surface area contributed by atoms with Crippen molar-refractivity contribution in [2.75, 3.05) is 13.6 Å². The molecule has 0 saturated heterocycles. The fourth-order valence-electron chi connectivity index (χ4n) is 4.05. The molecule has 0 saturated carbocycles. The average Bonchev–Trinajstić information content (AvgIpc) is 3.30. The highest BCUT2D eigenvalue weighted by Gasteiger charge is 2.24. The predicted molar refractivity (Wildman–Crippen MR) is 141 cm³/mol. The van der Waals surface area contributed by atoms with E-state index in [0.717, 1.165) is 39.6 Å². The first-order chi connectivity index (χ1) is 16.6. The van der Waals surface area contributed by atoms with Crippen molar-refractivity contribution in [2.45, 2.75) is 12.5 Å². The van der Waals surface area contributed by atoms with Crippen LogP contribution in [0.4, 0.5) is 0 Å². The lowest BCUT2D eigenvalue weighted by Crippen LogP contribution is -2.30. The molecule has 0 aliphatic rings. The molecule has 4 N–H and O–H groups in total. The molecule has 3 aromatic carbocycles. The lowest BCUT2D eigenvalue weighted by Gasteiger charge is -2.18. The monoisotopic (exact) mass is 470 g/mol. The molecule has 0 amide bonds. The number of rotatable bonds is 10. The van der Waals surface area contributed by atoms with E-state index in [1.165, 1.54) is 6.21 Å². The summed E-state index contributed by atoms with van der Waals surface area (Å²) < 4.78 is 0. The number of H-pyrrole nitrogens is 1. The van der Waals surface area contributed by atoms with E-state index < -0.39 is 6.04 Å². The Kier molecular flexibility index (Phi) is 7.58. The highest BCUT2D eigenvalue weighted by atomic mass is 35.5. The number of aromatic amines is 1. The number of ketones is 1. The number of allylic oxidation sites excluding steroid dienone is 1. The van der Waals surface area contributed by atoms with Crippen LogP contribution in [0.3, 0.4) is 0 Å². The van der Waals surface area contributed by atoms with Crippen LogP contribution < -0.4 is 10.6 Å². The fraction of sp³-hybridized carbons (Fsp3) is 0.143. The van der Waals surface area contributed by atoms with Crippen molar-refractivity contribution in [3.05, 3.63) is 112 Å². The van der Waals surface area contributed by atoms with Gasteiger partial charge in [-0.2, -0.15) is 0 Å². The highest BCUT2D eigenvalue weighted by Crippen LogP contribution is 2.27. The third-order valence-corrected chi connectivity index (χ3v) is 6.06. The van der Waals surface area contributed by atoms with Gasteiger partial charge in [-0.1, -0.05) is 66.2 Å². The van der Waals surface area contributed by atoms with Gasteiger partial charge in [0.05, 0.1) is 6.04 Å². The molecular formula is C28H27ClN4O. The molecule has 172 valence electrons. The number of nitrogens with one attached hydrogen (secondary N) is 4. The molecule has 0 bridgehead atoms. The van der Waals surface area contributed by atoms with Crippen molar-refractivity contribution in [1.29, 1.82) is 5.41 Å². The molecule has 0 fully saturated rings. The van der Waals surface area contributed by atoms with Gasteiger partial charge in [0.15, 0.2) is 5.78 Å². The number of Topliss-reactive ketones (excluding diaryl/α,β-unsaturated/α-hetero) is 1. The van der Waals surface area contributed by atoms with Crippen LogP contribution in [0.1, 0.15) is 33.1 Å². The van der Waals surface area contributed by atoms with E-state index in [1.807, 2.05) is 72.8 Å². The van der Waals surface area contributed by atoms with E-state index in [1.54, 1.807) is 19.4 Å². The lowest BCUT2D eigenvalue weighted by atomic mass is 9.96. The van der Waals surface area contributed by atoms with E-state index in [9.17, 15) is 4.79 Å². The summed E-state index contributed by atoms with van der Waals surface area (Å²) in [6, 6.07) is 23.0. The van der Waals surface area contributed by atoms with Crippen LogP contribution in [0.5, 0.6) is 0 Å². The first-order valence-electron chi connectivity index (χ1n) is 11.2. The zero-order valence-corrected chi connectivity index (χ0v) is 19.7. The van der Waals surface area contributed by atoms with Gasteiger partial charge in [0.1, 0.15) is 0 Å². The minimum Gasteiger partial charge on any atom is -0.393 e. The summed E-state index contributed by atoms with van der Waals surface area (Å²) in [5.74, 6) is 0.0133. The maximum Gasteiger partial charge on any atom is 0.186 e. The Hall–Kier alpha value is -3.67. The largest absolute Gasteiger partial charge is 0.393 e. The zero-order valence-electron chi connectivity index (χ0n) is 18.9. The van der Waals surface area contributed by atoms with Gasteiger partial charge in [-0.15, -0.1) is 0 Å². The summed E-state index contributed by atoms with van der Waals surface area (Å²) in [7, 11) is 1.80. The second-order valence-electron chi connectivity index (χ2n) is 8.03. The van der Waals surface area contributed by atoms with Crippen molar-refractivity contribution in [1.82, 2.24) is 15.6 Å². The highest BCUT2D eigenvalue weighted by molar-refractivity contribution is 6.30. The van der Waals surface area contributed by atoms with Crippen LogP contribution in [-0.2, 0) is 6.42 Å². The number of carbonyl (C=O) groups excluding carboxylic acids is 1. The summed E-state index contributed by atoms with van der Waals surface area (Å²) >= 11 is 5.99. The average molecular weight is 471 g/mol. The number of fused-ring (bicyclic) bond motifs is 1. The van der Waals surface area contributed by atoms with Crippen LogP contribution in [0.15, 0.2) is 85.2 Å². The molecule has 6 heteroatoms. The van der Waals surface area contributed by atoms with Crippen molar-refractivity contribution in [3.8, 4) is 0 Å². The van der Waals surface area contributed by atoms with E-state index in [0.29, 0.717) is 17.1 Å². The van der Waals surface area contributed by atoms with E-state index in [4.69, 9.17) is 17.0 Å². The smallest absolute Gasteiger partial charge is 0.186 e. The van der Waals surface area contributed by atoms with Crippen LogP contribution in [-0.4, -0.2) is 30.6 Å². The Bertz CT molecular complexity index is 1310. The number of hydrogen-bond acceptors (Lipinski definition) is 4. The Balaban J connectivity index is 1.60. The molecule has 0 aliphatic heterocycles. The Morgan fingerprint density at radius 1 is 1.09 bits per heavy atom. The third kappa shape index (κ3) is 5.28. The standard InChI is InChI=1S/C28H27ClN4O/c1-31-17-22(16-30)21-9-12-24-25(18-33-26(24)15-21)28(34)27(20-5-3-2-4-6-20)32-14-13-19-7-10-23(29)11-8-19/h2-12,15-18,27,30-33H,13-14H2,1H3/b22-17+,30-16?/t27-/m0/s1. The van der Waals surface area contributed by atoms with Crippen LogP contribution in [0.2, 0.25) is 5.02 Å². The molecule has 0 unspecified atom stereocenters. The lowest BCUT2D eigenvalue weighted by molar-refractivity contribution is 0.0945. The van der Waals surface area contributed by atoms with Gasteiger partial charge in [0.25, 0.3) is 0 Å². The first-order valence-corrected chi connectivity index (χ1v) is 11.5. The van der Waals surface area contributed by atoms with Gasteiger partial charge in [0.2, 0.25) is 0 Å². The number of hydrogen-bond donors (Lipinski definition) is 4. The maximum absolute atomic E-state index is 13.7. The van der Waals surface area contributed by atoms with E-state index in [2.05, 4.69) is 15.6 Å². The van der Waals surface area contributed by atoms with Gasteiger partial charge in [-0.3, -0.25) is 4.79 Å². The molecule has 5 nitrogen and oxygen atoms in total. The Labute approximate surface area is 204 Å². The molecule has 4 rings (SSSR count). The zero-order chi connectivity index (χ0) is 23.9. The molecule has 1 heterocycles. The van der Waals surface area contributed by atoms with Crippen molar-refractivity contribution >= 4 is 40.1 Å². The van der Waals surface area contributed by atoms with Crippen molar-refractivity contribution in [2.24, 2.45) is 0 Å². The predicted octanol–water partition coefficient (Wildman–Crippen LogP) is 5.79. The third-order valence-electron chi connectivity index (χ3n) is 5.81. The molecule has 0 spiro atoms. The maximum atomic E-state index is 13.7. The summed E-state index contributed by atoms with van der Waals surface area (Å²) in [4.78, 5) is 17.0. The second kappa shape index (κ2) is 11.0. The molecule has 4 aromatic rings. The SMILES string of the molecule is CN/C=C(\C=N)c1ccc2c(C(=O)[C@@H](NCCc3ccc(Cl)cc3)c3ccccc3)c[nH]c2c1. The number of benzene rings is 3. The topological polar surface area (TPSA) is 80.8 Å². The van der Waals surface area contributed by atoms with E-state index >= 15 is 0 Å². The van der Waals surface area contributed by atoms with Gasteiger partial charge in [-0.05, 0) is 41.3 Å². The summed E-state index contributed by atoms with van der Waals surface area (Å²) in [6.07, 6.45) is 5.65. The number of halogens is 1. The van der Waals surface area contributed by atoms with Gasteiger partial charge >= 0.3 is 0 Å². The van der Waals surface area contributed by atoms with Gasteiger partial charge < -0.3 is 21.0 Å². The van der Waals surface area contributed by atoms with Crippen LogP contribution in [0, 0.1) is 5.41 Å². The fourth-order valence-corrected chi connectivity index (χ4v) is 4.17. The van der Waals surface area contributed by atoms with Gasteiger partial charge in [0, 0.05) is 59.3 Å².